The maximum Gasteiger partial charge on any atom is 0.342 e. The summed E-state index contributed by atoms with van der Waals surface area (Å²) in [5, 5.41) is 38.1. The first kappa shape index (κ1) is 18.3. The maximum atomic E-state index is 12.2. The van der Waals surface area contributed by atoms with Gasteiger partial charge in [-0.3, -0.25) is 0 Å². The van der Waals surface area contributed by atoms with E-state index in [9.17, 15) is 24.9 Å². The van der Waals surface area contributed by atoms with E-state index in [0.717, 1.165) is 0 Å². The molecule has 1 aliphatic rings. The molecule has 0 bridgehead atoms. The molecule has 24 heavy (non-hydrogen) atoms. The largest absolute Gasteiger partial charge is 0.479 e. The number of aliphatic carboxylic acids is 1. The van der Waals surface area contributed by atoms with E-state index in [0.29, 0.717) is 5.56 Å². The number of benzene rings is 1. The normalized spacial score (nSPS) is 31.2. The van der Waals surface area contributed by atoms with E-state index in [1.54, 1.807) is 30.3 Å². The number of methoxy groups -OCH3 is 1. The Labute approximate surface area is 137 Å². The van der Waals surface area contributed by atoms with Crippen LogP contribution >= 0.6 is 0 Å². The summed E-state index contributed by atoms with van der Waals surface area (Å²) in [7, 11) is 1.27. The zero-order valence-corrected chi connectivity index (χ0v) is 12.7. The third-order valence-electron chi connectivity index (χ3n) is 3.60. The molecule has 0 saturated carbocycles. The summed E-state index contributed by atoms with van der Waals surface area (Å²) < 4.78 is 14.9. The minimum absolute atomic E-state index is 0.477. The first-order chi connectivity index (χ1) is 11.4. The molecule has 1 heterocycles. The molecule has 1 saturated heterocycles. The number of aliphatic hydroxyl groups is 3. The number of carbonyl (C=O) groups excluding carboxylic acids is 1. The number of carbonyl (C=O) groups is 2. The second-order valence-corrected chi connectivity index (χ2v) is 5.20. The van der Waals surface area contributed by atoms with Gasteiger partial charge >= 0.3 is 11.9 Å². The second kappa shape index (κ2) is 7.69. The van der Waals surface area contributed by atoms with Crippen LogP contribution in [0.25, 0.3) is 0 Å². The average molecular weight is 342 g/mol. The van der Waals surface area contributed by atoms with Crippen LogP contribution in [0.15, 0.2) is 30.3 Å². The van der Waals surface area contributed by atoms with Gasteiger partial charge in [-0.25, -0.2) is 9.59 Å². The highest BCUT2D eigenvalue weighted by Crippen LogP contribution is 2.25. The first-order valence-corrected chi connectivity index (χ1v) is 7.07. The molecule has 0 aromatic heterocycles. The highest BCUT2D eigenvalue weighted by molar-refractivity contribution is 5.77. The zero-order valence-electron chi connectivity index (χ0n) is 12.7. The molecule has 9 nitrogen and oxygen atoms in total. The Morgan fingerprint density at radius 2 is 1.71 bits per heavy atom. The smallest absolute Gasteiger partial charge is 0.342 e. The van der Waals surface area contributed by atoms with E-state index in [1.165, 1.54) is 7.11 Å². The lowest BCUT2D eigenvalue weighted by atomic mass is 9.99. The van der Waals surface area contributed by atoms with Crippen LogP contribution in [0.4, 0.5) is 0 Å². The topological polar surface area (TPSA) is 143 Å². The van der Waals surface area contributed by atoms with Gasteiger partial charge < -0.3 is 34.6 Å². The summed E-state index contributed by atoms with van der Waals surface area (Å²) in [5.74, 6) is -2.51. The van der Waals surface area contributed by atoms with Gasteiger partial charge in [-0.05, 0) is 5.56 Å². The monoisotopic (exact) mass is 342 g/mol. The number of hydrogen-bond donors (Lipinski definition) is 4. The van der Waals surface area contributed by atoms with E-state index in [2.05, 4.69) is 0 Å². The van der Waals surface area contributed by atoms with Crippen LogP contribution in [0, 0.1) is 0 Å². The molecule has 0 unspecified atom stereocenters. The molecule has 2 rings (SSSR count). The summed E-state index contributed by atoms with van der Waals surface area (Å²) >= 11 is 0. The van der Waals surface area contributed by atoms with Crippen molar-refractivity contribution in [2.75, 3.05) is 7.11 Å². The van der Waals surface area contributed by atoms with Crippen molar-refractivity contribution >= 4 is 11.9 Å². The minimum Gasteiger partial charge on any atom is -0.479 e. The van der Waals surface area contributed by atoms with Crippen LogP contribution in [0.2, 0.25) is 0 Å². The van der Waals surface area contributed by atoms with Crippen LogP contribution in [0.1, 0.15) is 11.7 Å². The van der Waals surface area contributed by atoms with Crippen LogP contribution in [0.5, 0.6) is 0 Å². The molecule has 132 valence electrons. The molecule has 0 aliphatic carbocycles. The van der Waals surface area contributed by atoms with Crippen molar-refractivity contribution in [3.05, 3.63) is 35.9 Å². The van der Waals surface area contributed by atoms with Gasteiger partial charge in [0, 0.05) is 7.11 Å². The van der Waals surface area contributed by atoms with Crippen LogP contribution in [-0.4, -0.2) is 70.2 Å². The first-order valence-electron chi connectivity index (χ1n) is 7.07. The molecular formula is C15H18O9. The van der Waals surface area contributed by atoms with Crippen LogP contribution < -0.4 is 0 Å². The molecule has 1 aromatic carbocycles. The molecule has 9 heteroatoms. The Morgan fingerprint density at radius 1 is 1.08 bits per heavy atom. The van der Waals surface area contributed by atoms with Crippen molar-refractivity contribution in [1.82, 2.24) is 0 Å². The van der Waals surface area contributed by atoms with Crippen molar-refractivity contribution in [2.24, 2.45) is 0 Å². The Kier molecular flexibility index (Phi) is 5.86. The lowest BCUT2D eigenvalue weighted by Gasteiger charge is -2.38. The maximum absolute atomic E-state index is 12.2. The summed E-state index contributed by atoms with van der Waals surface area (Å²) in [6.07, 6.45) is -10.3. The molecule has 0 radical (unpaired) electrons. The molecule has 6 atom stereocenters. The van der Waals surface area contributed by atoms with Gasteiger partial charge in [0.05, 0.1) is 0 Å². The predicted octanol–water partition coefficient (Wildman–Crippen LogP) is -1.19. The van der Waals surface area contributed by atoms with E-state index >= 15 is 0 Å². The number of rotatable bonds is 5. The van der Waals surface area contributed by atoms with E-state index in [4.69, 9.17) is 19.3 Å². The van der Waals surface area contributed by atoms with Gasteiger partial charge in [0.1, 0.15) is 18.3 Å². The van der Waals surface area contributed by atoms with Gasteiger partial charge in [0.15, 0.2) is 12.2 Å². The van der Waals surface area contributed by atoms with Gasteiger partial charge in [-0.1, -0.05) is 30.3 Å². The molecule has 4 N–H and O–H groups in total. The quantitative estimate of drug-likeness (QED) is 0.486. The van der Waals surface area contributed by atoms with Crippen LogP contribution in [0.3, 0.4) is 0 Å². The van der Waals surface area contributed by atoms with Crippen molar-refractivity contribution in [3.8, 4) is 0 Å². The molecule has 0 amide bonds. The molecular weight excluding hydrogens is 324 g/mol. The summed E-state index contributed by atoms with van der Waals surface area (Å²) in [5.41, 5.74) is 0.477. The van der Waals surface area contributed by atoms with Gasteiger partial charge in [-0.15, -0.1) is 0 Å². The molecule has 0 spiro atoms. The van der Waals surface area contributed by atoms with Crippen molar-refractivity contribution in [2.45, 2.75) is 36.8 Å². The Bertz CT molecular complexity index is 576. The zero-order chi connectivity index (χ0) is 17.9. The molecule has 1 aromatic rings. The number of carboxylic acids is 1. The standard InChI is InChI=1S/C15H18O9/c1-22-11(7-5-3-2-4-6-7)14(21)24-15-10(18)8(16)9(17)12(23-15)13(19)20/h2-6,8-12,15-18H,1H3,(H,19,20)/t8-,9-,10+,11+,12-,15-/m0/s1. The van der Waals surface area contributed by atoms with Gasteiger partial charge in [0.2, 0.25) is 6.29 Å². The second-order valence-electron chi connectivity index (χ2n) is 5.20. The number of ether oxygens (including phenoxy) is 3. The number of hydrogen-bond acceptors (Lipinski definition) is 8. The van der Waals surface area contributed by atoms with E-state index in [-0.39, 0.29) is 0 Å². The van der Waals surface area contributed by atoms with Gasteiger partial charge in [-0.2, -0.15) is 0 Å². The highest BCUT2D eigenvalue weighted by Gasteiger charge is 2.49. The number of carboxylic acid groups (broad SMARTS) is 1. The fourth-order valence-corrected chi connectivity index (χ4v) is 2.32. The average Bonchev–Trinajstić information content (AvgIpc) is 2.56. The Hall–Kier alpha value is -2.04. The Morgan fingerprint density at radius 3 is 2.25 bits per heavy atom. The van der Waals surface area contributed by atoms with Crippen molar-refractivity contribution in [1.29, 1.82) is 0 Å². The third-order valence-corrected chi connectivity index (χ3v) is 3.60. The fourth-order valence-electron chi connectivity index (χ4n) is 2.32. The lowest BCUT2D eigenvalue weighted by Crippen LogP contribution is -2.60. The van der Waals surface area contributed by atoms with Crippen molar-refractivity contribution in [3.63, 3.8) is 0 Å². The van der Waals surface area contributed by atoms with E-state index in [1.807, 2.05) is 0 Å². The molecule has 1 aliphatic heterocycles. The number of aliphatic hydroxyl groups excluding tert-OH is 3. The predicted molar refractivity (Wildman–Crippen MR) is 76.6 cm³/mol. The van der Waals surface area contributed by atoms with Crippen molar-refractivity contribution < 1.29 is 44.2 Å². The molecule has 1 fully saturated rings. The third kappa shape index (κ3) is 3.71. The fraction of sp³-hybridized carbons (Fsp3) is 0.467. The lowest BCUT2D eigenvalue weighted by molar-refractivity contribution is -0.288. The summed E-state index contributed by atoms with van der Waals surface area (Å²) in [6.45, 7) is 0. The van der Waals surface area contributed by atoms with Gasteiger partial charge in [0.25, 0.3) is 0 Å². The minimum atomic E-state index is -1.86. The number of esters is 1. The van der Waals surface area contributed by atoms with Crippen LogP contribution in [-0.2, 0) is 23.8 Å². The highest BCUT2D eigenvalue weighted by atomic mass is 16.7. The SMILES string of the molecule is CO[C@@H](C(=O)O[C@@H]1O[C@H](C(=O)O)[C@@H](O)[C@H](O)[C@H]1O)c1ccccc1. The summed E-state index contributed by atoms with van der Waals surface area (Å²) in [4.78, 5) is 23.2. The Balaban J connectivity index is 2.13. The summed E-state index contributed by atoms with van der Waals surface area (Å²) in [6, 6.07) is 8.34. The van der Waals surface area contributed by atoms with E-state index < -0.39 is 48.7 Å².